The first kappa shape index (κ1) is 24.2. The molecule has 0 atom stereocenters. The third-order valence-corrected chi connectivity index (χ3v) is 7.87. The van der Waals surface area contributed by atoms with Crippen LogP contribution in [0.25, 0.3) is 21.9 Å². The highest BCUT2D eigenvalue weighted by molar-refractivity contribution is 6.40. The van der Waals surface area contributed by atoms with E-state index in [0.717, 1.165) is 33.1 Å². The molecule has 0 unspecified atom stereocenters. The van der Waals surface area contributed by atoms with Crippen LogP contribution < -0.4 is 11.4 Å². The quantitative estimate of drug-likeness (QED) is 0.212. The molecule has 4 aromatic carbocycles. The maximum atomic E-state index is 6.51. The molecule has 0 saturated carbocycles. The maximum absolute atomic E-state index is 6.51. The number of hydrogen-bond acceptors (Lipinski definition) is 7. The molecular formula is C32H22AlN3O4. The first-order chi connectivity index (χ1) is 19.7. The molecule has 1 aliphatic rings. The molecule has 0 radical (unpaired) electrons. The average Bonchev–Trinajstić information content (AvgIpc) is 3.33. The van der Waals surface area contributed by atoms with E-state index in [0.29, 0.717) is 34.4 Å². The Morgan fingerprint density at radius 3 is 2.17 bits per heavy atom. The van der Waals surface area contributed by atoms with Gasteiger partial charge in [-0.1, -0.05) is 54.6 Å². The van der Waals surface area contributed by atoms with Gasteiger partial charge in [0, 0.05) is 40.0 Å². The summed E-state index contributed by atoms with van der Waals surface area (Å²) in [5, 5.41) is 1.85. The molecule has 0 amide bonds. The van der Waals surface area contributed by atoms with E-state index in [4.69, 9.17) is 25.8 Å². The van der Waals surface area contributed by atoms with Gasteiger partial charge in [-0.05, 0) is 55.5 Å². The molecule has 0 fully saturated rings. The molecule has 0 saturated heterocycles. The van der Waals surface area contributed by atoms with Crippen LogP contribution in [-0.2, 0) is 0 Å². The Morgan fingerprint density at radius 2 is 1.38 bits per heavy atom. The van der Waals surface area contributed by atoms with Crippen LogP contribution in [0.2, 0.25) is 0 Å². The van der Waals surface area contributed by atoms with Gasteiger partial charge in [-0.2, -0.15) is 0 Å². The summed E-state index contributed by atoms with van der Waals surface area (Å²) in [5.74, 6) is 2.19. The van der Waals surface area contributed by atoms with Gasteiger partial charge in [0.2, 0.25) is 5.88 Å². The number of fused-ring (bicyclic) bond motifs is 6. The van der Waals surface area contributed by atoms with Gasteiger partial charge < -0.3 is 15.8 Å². The van der Waals surface area contributed by atoms with Crippen molar-refractivity contribution in [1.29, 1.82) is 0 Å². The number of aryl methyl sites for hydroxylation is 1. The highest BCUT2D eigenvalue weighted by Crippen LogP contribution is 2.40. The number of para-hydroxylation sites is 4. The van der Waals surface area contributed by atoms with E-state index < -0.39 is 15.1 Å². The van der Waals surface area contributed by atoms with Crippen molar-refractivity contribution in [2.24, 2.45) is 9.98 Å². The highest BCUT2D eigenvalue weighted by Gasteiger charge is 2.45. The molecule has 6 aromatic rings. The van der Waals surface area contributed by atoms with Crippen LogP contribution in [-0.4, -0.2) is 32.6 Å². The molecule has 2 aromatic heterocycles. The number of pyridine rings is 1. The second-order valence-corrected chi connectivity index (χ2v) is 10.6. The number of aliphatic imine (C=N–C) groups is 2. The Balaban J connectivity index is 1.37. The Morgan fingerprint density at radius 1 is 0.675 bits per heavy atom. The van der Waals surface area contributed by atoms with Crippen LogP contribution in [0.3, 0.4) is 0 Å². The SMILES string of the molecule is Cc1ccc2cccc([O][Al]3[O]c4ccccc4C=Nc4c(oc5ccccc45)/N=C/c4ccccc4[O]3)c2n1. The normalized spacial score (nSPS) is 13.6. The Hall–Kier alpha value is -4.90. The van der Waals surface area contributed by atoms with E-state index in [1.807, 2.05) is 110 Å². The van der Waals surface area contributed by atoms with Crippen molar-refractivity contribution in [3.05, 3.63) is 120 Å². The lowest BCUT2D eigenvalue weighted by Gasteiger charge is -2.19. The number of aromatic nitrogens is 1. The largest absolute Gasteiger partial charge is 1.20 e. The molecular weight excluding hydrogens is 517 g/mol. The summed E-state index contributed by atoms with van der Waals surface area (Å²) in [6.45, 7) is 1.96. The summed E-state index contributed by atoms with van der Waals surface area (Å²) < 4.78 is 25.6. The van der Waals surface area contributed by atoms with E-state index in [1.54, 1.807) is 12.4 Å². The van der Waals surface area contributed by atoms with Crippen molar-refractivity contribution in [3.63, 3.8) is 0 Å². The fourth-order valence-corrected chi connectivity index (χ4v) is 5.96. The van der Waals surface area contributed by atoms with Crippen molar-refractivity contribution in [2.75, 3.05) is 0 Å². The number of nitrogens with zero attached hydrogens (tertiary/aromatic N) is 3. The first-order valence-corrected chi connectivity index (χ1v) is 14.3. The predicted octanol–water partition coefficient (Wildman–Crippen LogP) is 7.63. The summed E-state index contributed by atoms with van der Waals surface area (Å²) in [7, 11) is 0. The van der Waals surface area contributed by atoms with Gasteiger partial charge in [0.25, 0.3) is 0 Å². The average molecular weight is 540 g/mol. The Kier molecular flexibility index (Phi) is 6.25. The number of hydrogen-bond donors (Lipinski definition) is 0. The molecule has 0 bridgehead atoms. The molecule has 192 valence electrons. The first-order valence-electron chi connectivity index (χ1n) is 12.9. The zero-order valence-electron chi connectivity index (χ0n) is 21.5. The van der Waals surface area contributed by atoms with Gasteiger partial charge in [0.05, 0.1) is 11.5 Å². The van der Waals surface area contributed by atoms with E-state index in [9.17, 15) is 0 Å². The van der Waals surface area contributed by atoms with Gasteiger partial charge in [-0.3, -0.25) is 0 Å². The predicted molar refractivity (Wildman–Crippen MR) is 158 cm³/mol. The summed E-state index contributed by atoms with van der Waals surface area (Å²) in [4.78, 5) is 14.2. The third kappa shape index (κ3) is 4.71. The smallest absolute Gasteiger partial charge is 0.577 e. The fourth-order valence-electron chi connectivity index (χ4n) is 4.58. The summed E-state index contributed by atoms with van der Waals surface area (Å²) >= 11 is -2.91. The Labute approximate surface area is 235 Å². The lowest BCUT2D eigenvalue weighted by atomic mass is 10.2. The third-order valence-electron chi connectivity index (χ3n) is 6.54. The van der Waals surface area contributed by atoms with Crippen molar-refractivity contribution in [1.82, 2.24) is 4.98 Å². The fraction of sp³-hybridized carbons (Fsp3) is 0.0312. The van der Waals surface area contributed by atoms with E-state index in [-0.39, 0.29) is 0 Å². The molecule has 0 N–H and O–H groups in total. The lowest BCUT2D eigenvalue weighted by Crippen LogP contribution is -2.37. The van der Waals surface area contributed by atoms with Crippen LogP contribution in [0.5, 0.6) is 17.2 Å². The van der Waals surface area contributed by atoms with E-state index in [1.165, 1.54) is 0 Å². The van der Waals surface area contributed by atoms with Crippen molar-refractivity contribution >= 4 is 61.0 Å². The molecule has 0 aliphatic carbocycles. The zero-order chi connectivity index (χ0) is 26.9. The standard InChI is InChI=1S/C22H16N2O3.C10H9NO.Al/c25-18-10-4-1-7-15(18)13-23-21-17-9-3-6-12-20(17)27-22(21)24-14-16-8-2-5-11-19(16)26;1-7-5-6-8-3-2-4-9(12)10(8)11-7;/h1-14,25-26H;2-6,12H,1H3;/q;;+3/p-3/b23-13?,24-14+;;. The van der Waals surface area contributed by atoms with Crippen molar-refractivity contribution < 1.29 is 15.8 Å². The molecule has 7 rings (SSSR count). The monoisotopic (exact) mass is 539 g/mol. The number of benzene rings is 4. The molecule has 7 nitrogen and oxygen atoms in total. The molecule has 3 heterocycles. The number of rotatable bonds is 2. The van der Waals surface area contributed by atoms with Crippen LogP contribution >= 0.6 is 0 Å². The van der Waals surface area contributed by atoms with Gasteiger partial charge >= 0.3 is 15.1 Å². The van der Waals surface area contributed by atoms with E-state index in [2.05, 4.69) is 4.99 Å². The highest BCUT2D eigenvalue weighted by atomic mass is 27.3. The van der Waals surface area contributed by atoms with Crippen molar-refractivity contribution in [3.8, 4) is 17.2 Å². The zero-order valence-corrected chi connectivity index (χ0v) is 22.7. The Bertz CT molecular complexity index is 1930. The minimum Gasteiger partial charge on any atom is -0.577 e. The van der Waals surface area contributed by atoms with Crippen LogP contribution in [0, 0.1) is 6.92 Å². The minimum absolute atomic E-state index is 0.409. The summed E-state index contributed by atoms with van der Waals surface area (Å²) in [5.41, 5.74) is 4.53. The second kappa shape index (κ2) is 10.3. The van der Waals surface area contributed by atoms with Gasteiger partial charge in [0.15, 0.2) is 0 Å². The number of furan rings is 1. The molecule has 8 heteroatoms. The van der Waals surface area contributed by atoms with Gasteiger partial charge in [-0.25, -0.2) is 15.0 Å². The van der Waals surface area contributed by atoms with Gasteiger partial charge in [-0.15, -0.1) is 0 Å². The van der Waals surface area contributed by atoms with Crippen LogP contribution in [0.1, 0.15) is 16.8 Å². The summed E-state index contributed by atoms with van der Waals surface area (Å²) in [6, 6.07) is 32.9. The van der Waals surface area contributed by atoms with E-state index >= 15 is 0 Å². The molecule has 0 spiro atoms. The lowest BCUT2D eigenvalue weighted by molar-refractivity contribution is 0.308. The van der Waals surface area contributed by atoms with Crippen LogP contribution in [0.15, 0.2) is 118 Å². The van der Waals surface area contributed by atoms with Crippen molar-refractivity contribution in [2.45, 2.75) is 6.92 Å². The molecule has 1 aliphatic heterocycles. The van der Waals surface area contributed by atoms with Gasteiger partial charge in [0.1, 0.15) is 22.5 Å². The van der Waals surface area contributed by atoms with Crippen LogP contribution in [0.4, 0.5) is 11.6 Å². The minimum atomic E-state index is -2.91. The maximum Gasteiger partial charge on any atom is 1.20 e. The molecule has 40 heavy (non-hydrogen) atoms. The topological polar surface area (TPSA) is 78.4 Å². The second-order valence-electron chi connectivity index (χ2n) is 9.27. The summed E-state index contributed by atoms with van der Waals surface area (Å²) in [6.07, 6.45) is 3.47.